The molecular weight excluding hydrogens is 210 g/mol. The number of likely N-dealkylation sites (tertiary alicyclic amines) is 1. The van der Waals surface area contributed by atoms with Gasteiger partial charge in [0.05, 0.1) is 0 Å². The predicted octanol–water partition coefficient (Wildman–Crippen LogP) is 1.55. The summed E-state index contributed by atoms with van der Waals surface area (Å²) in [6.45, 7) is 7.68. The van der Waals surface area contributed by atoms with Crippen LogP contribution in [-0.2, 0) is 0 Å². The first-order valence-electron chi connectivity index (χ1n) is 7.49. The zero-order valence-electron chi connectivity index (χ0n) is 11.5. The van der Waals surface area contributed by atoms with E-state index in [9.17, 15) is 0 Å². The first kappa shape index (κ1) is 13.3. The van der Waals surface area contributed by atoms with Gasteiger partial charge in [0.25, 0.3) is 0 Å². The molecular formula is C14H29N3. The minimum absolute atomic E-state index is 0.783. The monoisotopic (exact) mass is 239 g/mol. The Labute approximate surface area is 107 Å². The van der Waals surface area contributed by atoms with Crippen LogP contribution in [0.1, 0.15) is 38.5 Å². The van der Waals surface area contributed by atoms with E-state index >= 15 is 0 Å². The molecule has 2 rings (SSSR count). The Bertz CT molecular complexity index is 196. The van der Waals surface area contributed by atoms with Crippen LogP contribution in [0.5, 0.6) is 0 Å². The van der Waals surface area contributed by atoms with Crippen molar-refractivity contribution < 1.29 is 0 Å². The number of nitrogens with one attached hydrogen (secondary N) is 1. The molecule has 2 heterocycles. The number of hydrogen-bond donors (Lipinski definition) is 1. The van der Waals surface area contributed by atoms with Gasteiger partial charge in [-0.2, -0.15) is 0 Å². The molecule has 0 aromatic rings. The van der Waals surface area contributed by atoms with E-state index in [4.69, 9.17) is 0 Å². The fourth-order valence-electron chi connectivity index (χ4n) is 3.12. The predicted molar refractivity (Wildman–Crippen MR) is 73.4 cm³/mol. The van der Waals surface area contributed by atoms with E-state index in [-0.39, 0.29) is 0 Å². The molecule has 1 N–H and O–H groups in total. The second kappa shape index (κ2) is 7.34. The smallest absolute Gasteiger partial charge is 0.0218 e. The summed E-state index contributed by atoms with van der Waals surface area (Å²) < 4.78 is 0. The van der Waals surface area contributed by atoms with E-state index in [1.54, 1.807) is 0 Å². The maximum Gasteiger partial charge on any atom is 0.0218 e. The summed E-state index contributed by atoms with van der Waals surface area (Å²) in [5, 5.41) is 3.50. The van der Waals surface area contributed by atoms with Crippen molar-refractivity contribution in [1.82, 2.24) is 15.1 Å². The van der Waals surface area contributed by atoms with Crippen LogP contribution in [0.15, 0.2) is 0 Å². The molecule has 17 heavy (non-hydrogen) atoms. The lowest BCUT2D eigenvalue weighted by molar-refractivity contribution is 0.176. The number of rotatable bonds is 5. The third-order valence-electron chi connectivity index (χ3n) is 4.33. The van der Waals surface area contributed by atoms with Crippen molar-refractivity contribution >= 4 is 0 Å². The van der Waals surface area contributed by atoms with Gasteiger partial charge in [-0.25, -0.2) is 0 Å². The van der Waals surface area contributed by atoms with Crippen molar-refractivity contribution in [1.29, 1.82) is 0 Å². The van der Waals surface area contributed by atoms with E-state index < -0.39 is 0 Å². The Balaban J connectivity index is 1.57. The first-order valence-corrected chi connectivity index (χ1v) is 7.49. The third kappa shape index (κ3) is 4.57. The first-order chi connectivity index (χ1) is 8.36. The van der Waals surface area contributed by atoms with E-state index in [1.165, 1.54) is 77.8 Å². The van der Waals surface area contributed by atoms with Crippen molar-refractivity contribution in [3.05, 3.63) is 0 Å². The minimum Gasteiger partial charge on any atom is -0.315 e. The topological polar surface area (TPSA) is 18.5 Å². The van der Waals surface area contributed by atoms with Gasteiger partial charge in [-0.3, -0.25) is 0 Å². The molecule has 2 fully saturated rings. The van der Waals surface area contributed by atoms with Crippen LogP contribution in [0, 0.1) is 0 Å². The fourth-order valence-corrected chi connectivity index (χ4v) is 3.12. The molecule has 2 saturated heterocycles. The zero-order chi connectivity index (χ0) is 11.9. The van der Waals surface area contributed by atoms with E-state index in [0.717, 1.165) is 6.04 Å². The van der Waals surface area contributed by atoms with Crippen molar-refractivity contribution in [2.24, 2.45) is 0 Å². The standard InChI is InChI=1S/C14H29N3/c1-16(14-7-5-8-15-13-14)9-6-12-17-10-3-2-4-11-17/h14-15H,2-13H2,1H3/t14-/m1/s1. The Morgan fingerprint density at radius 1 is 1.18 bits per heavy atom. The molecule has 3 heteroatoms. The van der Waals surface area contributed by atoms with E-state index in [2.05, 4.69) is 22.2 Å². The van der Waals surface area contributed by atoms with Gasteiger partial charge in [0.15, 0.2) is 0 Å². The van der Waals surface area contributed by atoms with Gasteiger partial charge in [0.2, 0.25) is 0 Å². The molecule has 100 valence electrons. The normalized spacial score (nSPS) is 27.5. The van der Waals surface area contributed by atoms with Crippen LogP contribution in [0.4, 0.5) is 0 Å². The highest BCUT2D eigenvalue weighted by atomic mass is 15.2. The second-order valence-electron chi connectivity index (χ2n) is 5.74. The van der Waals surface area contributed by atoms with Crippen LogP contribution in [-0.4, -0.2) is 62.2 Å². The molecule has 1 atom stereocenters. The van der Waals surface area contributed by atoms with Crippen LogP contribution >= 0.6 is 0 Å². The maximum absolute atomic E-state index is 3.50. The van der Waals surface area contributed by atoms with Gasteiger partial charge in [0.1, 0.15) is 0 Å². The Morgan fingerprint density at radius 3 is 2.71 bits per heavy atom. The molecule has 0 amide bonds. The molecule has 0 spiro atoms. The number of nitrogens with zero attached hydrogens (tertiary/aromatic N) is 2. The largest absolute Gasteiger partial charge is 0.315 e. The molecule has 0 aromatic carbocycles. The van der Waals surface area contributed by atoms with Crippen LogP contribution < -0.4 is 5.32 Å². The van der Waals surface area contributed by atoms with Crippen LogP contribution in [0.3, 0.4) is 0 Å². The van der Waals surface area contributed by atoms with Gasteiger partial charge in [-0.1, -0.05) is 6.42 Å². The SMILES string of the molecule is CN(CCCN1CCCCC1)[C@@H]1CCCNC1. The van der Waals surface area contributed by atoms with Crippen molar-refractivity contribution in [3.8, 4) is 0 Å². The molecule has 0 radical (unpaired) electrons. The van der Waals surface area contributed by atoms with Gasteiger partial charge >= 0.3 is 0 Å². The number of hydrogen-bond acceptors (Lipinski definition) is 3. The molecule has 0 saturated carbocycles. The average Bonchev–Trinajstić information content (AvgIpc) is 2.41. The Hall–Kier alpha value is -0.120. The quantitative estimate of drug-likeness (QED) is 0.785. The van der Waals surface area contributed by atoms with Crippen molar-refractivity contribution in [2.75, 3.05) is 46.3 Å². The summed E-state index contributed by atoms with van der Waals surface area (Å²) in [7, 11) is 2.30. The molecule has 3 nitrogen and oxygen atoms in total. The summed E-state index contributed by atoms with van der Waals surface area (Å²) in [6.07, 6.45) is 8.36. The van der Waals surface area contributed by atoms with Gasteiger partial charge in [0, 0.05) is 12.6 Å². The van der Waals surface area contributed by atoms with E-state index in [0.29, 0.717) is 0 Å². The zero-order valence-corrected chi connectivity index (χ0v) is 11.5. The molecule has 0 unspecified atom stereocenters. The lowest BCUT2D eigenvalue weighted by atomic mass is 10.1. The van der Waals surface area contributed by atoms with Crippen molar-refractivity contribution in [2.45, 2.75) is 44.6 Å². The Morgan fingerprint density at radius 2 is 2.00 bits per heavy atom. The third-order valence-corrected chi connectivity index (χ3v) is 4.33. The maximum atomic E-state index is 3.50. The summed E-state index contributed by atoms with van der Waals surface area (Å²) in [6, 6.07) is 0.783. The summed E-state index contributed by atoms with van der Waals surface area (Å²) in [5.41, 5.74) is 0. The lowest BCUT2D eigenvalue weighted by Gasteiger charge is -2.32. The lowest BCUT2D eigenvalue weighted by Crippen LogP contribution is -2.45. The van der Waals surface area contributed by atoms with Crippen LogP contribution in [0.25, 0.3) is 0 Å². The number of piperidine rings is 2. The summed E-state index contributed by atoms with van der Waals surface area (Å²) in [4.78, 5) is 5.21. The molecule has 2 aliphatic rings. The molecule has 0 bridgehead atoms. The Kier molecular flexibility index (Phi) is 5.75. The van der Waals surface area contributed by atoms with Gasteiger partial charge in [-0.15, -0.1) is 0 Å². The second-order valence-corrected chi connectivity index (χ2v) is 5.74. The number of likely N-dealkylation sites (N-methyl/N-ethyl adjacent to an activating group) is 1. The molecule has 0 aromatic heterocycles. The highest BCUT2D eigenvalue weighted by molar-refractivity contribution is 4.76. The summed E-state index contributed by atoms with van der Waals surface area (Å²) >= 11 is 0. The van der Waals surface area contributed by atoms with E-state index in [1.807, 2.05) is 0 Å². The van der Waals surface area contributed by atoms with Gasteiger partial charge in [-0.05, 0) is 71.9 Å². The highest BCUT2D eigenvalue weighted by Crippen LogP contribution is 2.11. The highest BCUT2D eigenvalue weighted by Gasteiger charge is 2.17. The molecule has 0 aliphatic carbocycles. The fraction of sp³-hybridized carbons (Fsp3) is 1.00. The van der Waals surface area contributed by atoms with Gasteiger partial charge < -0.3 is 15.1 Å². The minimum atomic E-state index is 0.783. The van der Waals surface area contributed by atoms with Crippen LogP contribution in [0.2, 0.25) is 0 Å². The molecule has 2 aliphatic heterocycles. The average molecular weight is 239 g/mol. The van der Waals surface area contributed by atoms with Crippen molar-refractivity contribution in [3.63, 3.8) is 0 Å². The summed E-state index contributed by atoms with van der Waals surface area (Å²) in [5.74, 6) is 0.